The molecule has 10 nitrogen and oxygen atoms in total. The van der Waals surface area contributed by atoms with Crippen molar-refractivity contribution in [3.63, 3.8) is 0 Å². The smallest absolute Gasteiger partial charge is 0.259 e. The van der Waals surface area contributed by atoms with Crippen LogP contribution in [0.2, 0.25) is 0 Å². The third kappa shape index (κ3) is 4.71. The molecule has 4 amide bonds. The molecule has 4 heterocycles. The summed E-state index contributed by atoms with van der Waals surface area (Å²) in [7, 11) is 0. The van der Waals surface area contributed by atoms with Gasteiger partial charge >= 0.3 is 0 Å². The van der Waals surface area contributed by atoms with E-state index in [0.29, 0.717) is 35.9 Å². The second-order valence-corrected chi connectivity index (χ2v) is 13.1. The number of nitrogens with one attached hydrogen (secondary N) is 1. The fraction of sp³-hybridized carbons (Fsp3) is 0.515. The molecule has 224 valence electrons. The number of rotatable bonds is 7. The molecule has 0 spiro atoms. The number of amides is 4. The second-order valence-electron chi connectivity index (χ2n) is 13.1. The molecule has 1 aromatic heterocycles. The Hall–Kier alpha value is -4.08. The maximum absolute atomic E-state index is 13.4. The lowest BCUT2D eigenvalue weighted by Gasteiger charge is -2.47. The summed E-state index contributed by atoms with van der Waals surface area (Å²) in [5.74, 6) is 0.0725. The summed E-state index contributed by atoms with van der Waals surface area (Å²) >= 11 is 0. The van der Waals surface area contributed by atoms with E-state index in [2.05, 4.69) is 34.4 Å². The number of carbonyl (C=O) groups excluding carboxylic acids is 4. The number of likely N-dealkylation sites (tertiary alicyclic amines) is 1. The highest BCUT2D eigenvalue weighted by atomic mass is 16.2. The van der Waals surface area contributed by atoms with Gasteiger partial charge in [-0.1, -0.05) is 50.1 Å². The Balaban J connectivity index is 1.04. The van der Waals surface area contributed by atoms with Gasteiger partial charge in [0.1, 0.15) is 6.04 Å². The number of carbonyl (C=O) groups is 4. The Morgan fingerprint density at radius 3 is 2.60 bits per heavy atom. The van der Waals surface area contributed by atoms with Crippen LogP contribution in [0.3, 0.4) is 0 Å². The Morgan fingerprint density at radius 1 is 1.07 bits per heavy atom. The van der Waals surface area contributed by atoms with Crippen LogP contribution < -0.4 is 10.2 Å². The Labute approximate surface area is 250 Å². The Morgan fingerprint density at radius 2 is 1.86 bits per heavy atom. The molecule has 0 radical (unpaired) electrons. The molecule has 1 N–H and O–H groups in total. The van der Waals surface area contributed by atoms with Crippen molar-refractivity contribution in [1.29, 1.82) is 0 Å². The van der Waals surface area contributed by atoms with Crippen LogP contribution in [-0.4, -0.2) is 62.7 Å². The number of piperidine rings is 2. The first kappa shape index (κ1) is 27.7. The second kappa shape index (κ2) is 10.6. The van der Waals surface area contributed by atoms with Gasteiger partial charge in [-0.25, -0.2) is 4.68 Å². The van der Waals surface area contributed by atoms with E-state index < -0.39 is 11.9 Å². The van der Waals surface area contributed by atoms with Crippen LogP contribution in [0.5, 0.6) is 0 Å². The lowest BCUT2D eigenvalue weighted by atomic mass is 9.61. The predicted octanol–water partition coefficient (Wildman–Crippen LogP) is 4.17. The molecule has 3 aromatic rings. The van der Waals surface area contributed by atoms with E-state index in [-0.39, 0.29) is 29.7 Å². The van der Waals surface area contributed by atoms with Gasteiger partial charge in [-0.2, -0.15) is 0 Å². The Kier molecular flexibility index (Phi) is 6.82. The number of hydrogen-bond acceptors (Lipinski definition) is 6. The lowest BCUT2D eigenvalue weighted by Crippen LogP contribution is -2.53. The molecule has 3 aliphatic heterocycles. The fourth-order valence-electron chi connectivity index (χ4n) is 7.94. The van der Waals surface area contributed by atoms with Gasteiger partial charge in [0.05, 0.1) is 17.4 Å². The van der Waals surface area contributed by atoms with Gasteiger partial charge in [0.15, 0.2) is 0 Å². The van der Waals surface area contributed by atoms with E-state index in [1.165, 1.54) is 12.8 Å². The fourth-order valence-corrected chi connectivity index (χ4v) is 7.94. The molecule has 2 saturated heterocycles. The molecule has 7 rings (SSSR count). The first-order valence-corrected chi connectivity index (χ1v) is 15.7. The summed E-state index contributed by atoms with van der Waals surface area (Å²) in [4.78, 5) is 54.6. The molecule has 3 fully saturated rings. The molecule has 1 atom stereocenters. The van der Waals surface area contributed by atoms with Crippen molar-refractivity contribution < 1.29 is 19.2 Å². The molecule has 0 bridgehead atoms. The van der Waals surface area contributed by atoms with Gasteiger partial charge in [-0.05, 0) is 61.1 Å². The van der Waals surface area contributed by atoms with Gasteiger partial charge in [0.25, 0.3) is 5.91 Å². The molecule has 43 heavy (non-hydrogen) atoms. The van der Waals surface area contributed by atoms with E-state index in [0.717, 1.165) is 60.8 Å². The minimum Gasteiger partial charge on any atom is -0.342 e. The van der Waals surface area contributed by atoms with E-state index >= 15 is 0 Å². The zero-order valence-electron chi connectivity index (χ0n) is 24.8. The summed E-state index contributed by atoms with van der Waals surface area (Å²) < 4.78 is 1.95. The van der Waals surface area contributed by atoms with Gasteiger partial charge in [-0.15, -0.1) is 5.10 Å². The van der Waals surface area contributed by atoms with Crippen LogP contribution in [0.1, 0.15) is 92.9 Å². The summed E-state index contributed by atoms with van der Waals surface area (Å²) in [6.45, 7) is 5.85. The van der Waals surface area contributed by atoms with Crippen LogP contribution in [0.4, 0.5) is 5.69 Å². The van der Waals surface area contributed by atoms with Crippen LogP contribution >= 0.6 is 0 Å². The van der Waals surface area contributed by atoms with Gasteiger partial charge in [0, 0.05) is 48.5 Å². The van der Waals surface area contributed by atoms with Crippen molar-refractivity contribution >= 4 is 40.1 Å². The topological polar surface area (TPSA) is 118 Å². The largest absolute Gasteiger partial charge is 0.342 e. The third-order valence-electron chi connectivity index (χ3n) is 10.1. The number of nitrogens with zero attached hydrogens (tertiary/aromatic N) is 5. The molecule has 10 heteroatoms. The van der Waals surface area contributed by atoms with Crippen molar-refractivity contribution in [3.05, 3.63) is 53.3 Å². The first-order valence-electron chi connectivity index (χ1n) is 15.7. The zero-order valence-corrected chi connectivity index (χ0v) is 24.8. The third-order valence-corrected chi connectivity index (χ3v) is 10.1. The molecule has 4 aliphatic rings. The number of aromatic nitrogens is 3. The van der Waals surface area contributed by atoms with Gasteiger partial charge in [-0.3, -0.25) is 29.4 Å². The van der Waals surface area contributed by atoms with E-state index in [4.69, 9.17) is 0 Å². The number of benzene rings is 2. The molecule has 1 saturated carbocycles. The minimum absolute atomic E-state index is 0.184. The van der Waals surface area contributed by atoms with Crippen LogP contribution in [-0.2, 0) is 20.8 Å². The van der Waals surface area contributed by atoms with Gasteiger partial charge in [0.2, 0.25) is 17.7 Å². The highest BCUT2D eigenvalue weighted by Crippen LogP contribution is 2.49. The number of imide groups is 1. The average Bonchev–Trinajstić information content (AvgIpc) is 3.57. The van der Waals surface area contributed by atoms with E-state index in [1.54, 1.807) is 11.0 Å². The van der Waals surface area contributed by atoms with Crippen molar-refractivity contribution in [2.45, 2.75) is 83.7 Å². The van der Waals surface area contributed by atoms with Crippen LogP contribution in [0, 0.1) is 11.3 Å². The maximum Gasteiger partial charge on any atom is 0.259 e. The predicted molar refractivity (Wildman–Crippen MR) is 160 cm³/mol. The normalized spacial score (nSPS) is 25.8. The highest BCUT2D eigenvalue weighted by molar-refractivity contribution is 6.27. The molecular formula is C33H38N6O4. The maximum atomic E-state index is 13.4. The first-order chi connectivity index (χ1) is 20.8. The minimum atomic E-state index is -0.706. The van der Waals surface area contributed by atoms with Crippen molar-refractivity contribution in [3.8, 4) is 0 Å². The zero-order chi connectivity index (χ0) is 29.9. The van der Waals surface area contributed by atoms with E-state index in [9.17, 15) is 19.2 Å². The Bertz CT molecular complexity index is 1630. The van der Waals surface area contributed by atoms with Crippen LogP contribution in [0.25, 0.3) is 10.8 Å². The molecule has 1 unspecified atom stereocenters. The average molecular weight is 583 g/mol. The quantitative estimate of drug-likeness (QED) is 0.418. The monoisotopic (exact) mass is 582 g/mol. The van der Waals surface area contributed by atoms with Crippen molar-refractivity contribution in [2.75, 3.05) is 18.0 Å². The van der Waals surface area contributed by atoms with Crippen molar-refractivity contribution in [2.24, 2.45) is 11.3 Å². The standard InChI is InChI=1S/C33H38N6O4/c1-3-5-20-17-33(2,18-20)32(43)37-14-12-23(13-15-37)38-19-22(35-36-38)16-21-8-9-26-29-24(21)6-4-7-25(29)31(42)39(26)27-10-11-28(40)34-30(27)41/h4,6-9,19-20,23,27H,3,5,10-18H2,1-2H3,(H,34,40,41). The molecule has 2 aromatic carbocycles. The highest BCUT2D eigenvalue weighted by Gasteiger charge is 2.47. The summed E-state index contributed by atoms with van der Waals surface area (Å²) in [6, 6.07) is 9.07. The van der Waals surface area contributed by atoms with E-state index in [1.807, 2.05) is 35.1 Å². The van der Waals surface area contributed by atoms with Gasteiger partial charge < -0.3 is 4.90 Å². The molecule has 1 aliphatic carbocycles. The van der Waals surface area contributed by atoms with Crippen molar-refractivity contribution in [1.82, 2.24) is 25.2 Å². The van der Waals surface area contributed by atoms with Crippen LogP contribution in [0.15, 0.2) is 36.5 Å². The SMILES string of the molecule is CCCC1CC(C)(C(=O)N2CCC(n3cc(Cc4ccc5c6c(cccc46)C(=O)N5C4CCC(=O)NC4=O)nn3)CC2)C1. The lowest BCUT2D eigenvalue weighted by molar-refractivity contribution is -0.151. The molecular weight excluding hydrogens is 544 g/mol. The summed E-state index contributed by atoms with van der Waals surface area (Å²) in [6.07, 6.45) is 9.26. The number of hydrogen-bond donors (Lipinski definition) is 1. The summed E-state index contributed by atoms with van der Waals surface area (Å²) in [5.41, 5.74) is 2.96. The number of anilines is 1. The summed E-state index contributed by atoms with van der Waals surface area (Å²) in [5, 5.41) is 13.1.